The van der Waals surface area contributed by atoms with Crippen molar-refractivity contribution in [2.45, 2.75) is 19.3 Å². The van der Waals surface area contributed by atoms with Gasteiger partial charge in [-0.25, -0.2) is 0 Å². The van der Waals surface area contributed by atoms with E-state index in [1.54, 1.807) is 11.3 Å². The molecule has 2 nitrogen and oxygen atoms in total. The molecule has 0 aliphatic heterocycles. The molecule has 0 amide bonds. The maximum absolute atomic E-state index is 10.6. The number of carboxylic acids is 1. The van der Waals surface area contributed by atoms with Crippen LogP contribution in [0.15, 0.2) is 24.3 Å². The van der Waals surface area contributed by atoms with E-state index in [1.165, 1.54) is 0 Å². The van der Waals surface area contributed by atoms with Crippen molar-refractivity contribution in [2.75, 3.05) is 0 Å². The van der Waals surface area contributed by atoms with E-state index >= 15 is 0 Å². The van der Waals surface area contributed by atoms with Crippen LogP contribution in [0.1, 0.15) is 24.1 Å². The van der Waals surface area contributed by atoms with Gasteiger partial charge in [-0.15, -0.1) is 11.3 Å². The quantitative estimate of drug-likeness (QED) is 0.894. The second-order valence-electron chi connectivity index (χ2n) is 3.83. The van der Waals surface area contributed by atoms with Crippen LogP contribution >= 0.6 is 22.9 Å². The number of thiophene rings is 1. The number of carboxylic acid groups (broad SMARTS) is 1. The molecule has 2 rings (SSSR count). The van der Waals surface area contributed by atoms with Gasteiger partial charge in [0.2, 0.25) is 0 Å². The summed E-state index contributed by atoms with van der Waals surface area (Å²) in [4.78, 5) is 11.7. The zero-order valence-corrected chi connectivity index (χ0v) is 10.3. The summed E-state index contributed by atoms with van der Waals surface area (Å²) in [6.45, 7) is 1.93. The number of benzene rings is 1. The summed E-state index contributed by atoms with van der Waals surface area (Å²) < 4.78 is 1.15. The van der Waals surface area contributed by atoms with Gasteiger partial charge in [-0.1, -0.05) is 18.5 Å². The van der Waals surface area contributed by atoms with Crippen molar-refractivity contribution in [1.82, 2.24) is 0 Å². The molecule has 0 aliphatic rings. The van der Waals surface area contributed by atoms with Gasteiger partial charge in [0.05, 0.1) is 6.42 Å². The van der Waals surface area contributed by atoms with Crippen molar-refractivity contribution in [3.8, 4) is 0 Å². The standard InChI is InChI=1S/C12H11ClO2S/c1-7(4-12(14)15)11-6-8-5-9(13)2-3-10(8)16-11/h2-3,5-7H,4H2,1H3,(H,14,15). The van der Waals surface area contributed by atoms with Gasteiger partial charge in [0.15, 0.2) is 0 Å². The van der Waals surface area contributed by atoms with E-state index in [2.05, 4.69) is 0 Å². The normalized spacial score (nSPS) is 12.9. The Morgan fingerprint density at radius 1 is 1.50 bits per heavy atom. The van der Waals surface area contributed by atoms with Gasteiger partial charge in [0.25, 0.3) is 0 Å². The van der Waals surface area contributed by atoms with Crippen LogP contribution in [0.5, 0.6) is 0 Å². The Hall–Kier alpha value is -1.06. The average Bonchev–Trinajstić information content (AvgIpc) is 2.59. The van der Waals surface area contributed by atoms with Gasteiger partial charge in [-0.2, -0.15) is 0 Å². The molecule has 0 fully saturated rings. The molecule has 0 bridgehead atoms. The summed E-state index contributed by atoms with van der Waals surface area (Å²) >= 11 is 7.54. The molecule has 1 heterocycles. The first kappa shape index (κ1) is 11.4. The van der Waals surface area contributed by atoms with Crippen molar-refractivity contribution in [1.29, 1.82) is 0 Å². The molecule has 1 atom stereocenters. The predicted molar refractivity (Wildman–Crippen MR) is 67.5 cm³/mol. The van der Waals surface area contributed by atoms with E-state index in [9.17, 15) is 4.79 Å². The van der Waals surface area contributed by atoms with Gasteiger partial charge < -0.3 is 5.11 Å². The summed E-state index contributed by atoms with van der Waals surface area (Å²) in [5, 5.41) is 10.5. The molecule has 1 aromatic carbocycles. The molecule has 0 spiro atoms. The van der Waals surface area contributed by atoms with E-state index < -0.39 is 5.97 Å². The number of aliphatic carboxylic acids is 1. The predicted octanol–water partition coefficient (Wildman–Crippen LogP) is 4.13. The summed E-state index contributed by atoms with van der Waals surface area (Å²) in [6, 6.07) is 7.76. The molecule has 84 valence electrons. The fourth-order valence-corrected chi connectivity index (χ4v) is 2.92. The van der Waals surface area contributed by atoms with Crippen LogP contribution in [0.4, 0.5) is 0 Å². The maximum Gasteiger partial charge on any atom is 0.303 e. The zero-order valence-electron chi connectivity index (χ0n) is 8.74. The Morgan fingerprint density at radius 2 is 2.25 bits per heavy atom. The Bertz CT molecular complexity index is 533. The fraction of sp³-hybridized carbons (Fsp3) is 0.250. The van der Waals surface area contributed by atoms with Gasteiger partial charge in [0, 0.05) is 20.5 Å². The van der Waals surface area contributed by atoms with Crippen LogP contribution in [-0.4, -0.2) is 11.1 Å². The lowest BCUT2D eigenvalue weighted by Crippen LogP contribution is -2.00. The van der Waals surface area contributed by atoms with E-state index in [0.717, 1.165) is 15.0 Å². The monoisotopic (exact) mass is 254 g/mol. The molecule has 0 radical (unpaired) electrons. The number of hydrogen-bond acceptors (Lipinski definition) is 2. The number of fused-ring (bicyclic) bond motifs is 1. The van der Waals surface area contributed by atoms with E-state index in [-0.39, 0.29) is 12.3 Å². The third kappa shape index (κ3) is 2.36. The van der Waals surface area contributed by atoms with Crippen molar-refractivity contribution in [2.24, 2.45) is 0 Å². The third-order valence-electron chi connectivity index (χ3n) is 2.46. The topological polar surface area (TPSA) is 37.3 Å². The Morgan fingerprint density at radius 3 is 2.94 bits per heavy atom. The molecule has 1 N–H and O–H groups in total. The molecule has 1 aromatic heterocycles. The second-order valence-corrected chi connectivity index (χ2v) is 5.38. The maximum atomic E-state index is 10.6. The molecular formula is C12H11ClO2S. The number of hydrogen-bond donors (Lipinski definition) is 1. The molecule has 0 saturated heterocycles. The van der Waals surface area contributed by atoms with E-state index in [1.807, 2.05) is 31.2 Å². The van der Waals surface area contributed by atoms with Crippen LogP contribution in [0.25, 0.3) is 10.1 Å². The first-order valence-corrected chi connectivity index (χ1v) is 6.16. The van der Waals surface area contributed by atoms with Crippen molar-refractivity contribution < 1.29 is 9.90 Å². The minimum absolute atomic E-state index is 0.0497. The lowest BCUT2D eigenvalue weighted by molar-refractivity contribution is -0.137. The molecule has 0 saturated carbocycles. The van der Waals surface area contributed by atoms with Gasteiger partial charge in [-0.05, 0) is 29.7 Å². The van der Waals surface area contributed by atoms with Crippen molar-refractivity contribution >= 4 is 39.0 Å². The Kier molecular flexibility index (Phi) is 3.17. The number of carbonyl (C=O) groups is 1. The summed E-state index contributed by atoms with van der Waals surface area (Å²) in [7, 11) is 0. The first-order chi connectivity index (χ1) is 7.56. The van der Waals surface area contributed by atoms with Crippen LogP contribution in [0.3, 0.4) is 0 Å². The highest BCUT2D eigenvalue weighted by molar-refractivity contribution is 7.19. The lowest BCUT2D eigenvalue weighted by atomic mass is 10.1. The lowest BCUT2D eigenvalue weighted by Gasteiger charge is -2.03. The average molecular weight is 255 g/mol. The van der Waals surface area contributed by atoms with Crippen molar-refractivity contribution in [3.63, 3.8) is 0 Å². The minimum atomic E-state index is -0.761. The van der Waals surface area contributed by atoms with Crippen molar-refractivity contribution in [3.05, 3.63) is 34.2 Å². The molecule has 0 aliphatic carbocycles. The summed E-state index contributed by atoms with van der Waals surface area (Å²) in [5.41, 5.74) is 0. The third-order valence-corrected chi connectivity index (χ3v) is 4.05. The van der Waals surface area contributed by atoms with Crippen LogP contribution in [-0.2, 0) is 4.79 Å². The Balaban J connectivity index is 2.35. The van der Waals surface area contributed by atoms with Crippen LogP contribution in [0.2, 0.25) is 5.02 Å². The molecular weight excluding hydrogens is 244 g/mol. The molecule has 4 heteroatoms. The highest BCUT2D eigenvalue weighted by atomic mass is 35.5. The largest absolute Gasteiger partial charge is 0.481 e. The van der Waals surface area contributed by atoms with Gasteiger partial charge >= 0.3 is 5.97 Å². The first-order valence-electron chi connectivity index (χ1n) is 4.97. The van der Waals surface area contributed by atoms with E-state index in [0.29, 0.717) is 5.02 Å². The van der Waals surface area contributed by atoms with E-state index in [4.69, 9.17) is 16.7 Å². The van der Waals surface area contributed by atoms with Crippen LogP contribution in [0, 0.1) is 0 Å². The zero-order chi connectivity index (χ0) is 11.7. The van der Waals surface area contributed by atoms with Crippen LogP contribution < -0.4 is 0 Å². The SMILES string of the molecule is CC(CC(=O)O)c1cc2cc(Cl)ccc2s1. The summed E-state index contributed by atoms with van der Waals surface area (Å²) in [5.74, 6) is -0.711. The second kappa shape index (κ2) is 4.44. The fourth-order valence-electron chi connectivity index (χ4n) is 1.64. The van der Waals surface area contributed by atoms with Gasteiger partial charge in [-0.3, -0.25) is 4.79 Å². The Labute approximate surface area is 102 Å². The molecule has 2 aromatic rings. The number of halogens is 1. The van der Waals surface area contributed by atoms with Gasteiger partial charge in [0.1, 0.15) is 0 Å². The number of rotatable bonds is 3. The molecule has 16 heavy (non-hydrogen) atoms. The minimum Gasteiger partial charge on any atom is -0.481 e. The highest BCUT2D eigenvalue weighted by Gasteiger charge is 2.13. The molecule has 1 unspecified atom stereocenters. The highest BCUT2D eigenvalue weighted by Crippen LogP contribution is 2.33. The summed E-state index contributed by atoms with van der Waals surface area (Å²) in [6.07, 6.45) is 0.167. The smallest absolute Gasteiger partial charge is 0.303 e.